The zero-order valence-corrected chi connectivity index (χ0v) is 12.4. The number of carboxylic acids is 1. The van der Waals surface area contributed by atoms with E-state index in [0.717, 1.165) is 38.8 Å². The van der Waals surface area contributed by atoms with Crippen LogP contribution in [-0.4, -0.2) is 34.0 Å². The fourth-order valence-corrected chi connectivity index (χ4v) is 3.71. The molecule has 0 spiro atoms. The summed E-state index contributed by atoms with van der Waals surface area (Å²) in [6, 6.07) is 0.348. The average Bonchev–Trinajstić information content (AvgIpc) is 2.93. The van der Waals surface area contributed by atoms with Crippen molar-refractivity contribution in [3.63, 3.8) is 0 Å². The van der Waals surface area contributed by atoms with Crippen molar-refractivity contribution in [1.82, 2.24) is 9.88 Å². The van der Waals surface area contributed by atoms with Gasteiger partial charge in [0.2, 0.25) is 0 Å². The van der Waals surface area contributed by atoms with Crippen LogP contribution in [0.5, 0.6) is 0 Å². The lowest BCUT2D eigenvalue weighted by Crippen LogP contribution is -2.45. The van der Waals surface area contributed by atoms with Crippen LogP contribution in [0.15, 0.2) is 11.7 Å². The topological polar surface area (TPSA) is 53.4 Å². The maximum Gasteiger partial charge on any atom is 0.309 e. The van der Waals surface area contributed by atoms with Gasteiger partial charge in [0, 0.05) is 17.1 Å². The Hall–Kier alpha value is -0.940. The summed E-state index contributed by atoms with van der Waals surface area (Å²) in [5, 5.41) is 9.50. The third-order valence-corrected chi connectivity index (χ3v) is 5.29. The van der Waals surface area contributed by atoms with E-state index in [4.69, 9.17) is 0 Å². The van der Waals surface area contributed by atoms with Gasteiger partial charge in [0.25, 0.3) is 0 Å². The van der Waals surface area contributed by atoms with Crippen LogP contribution in [-0.2, 0) is 4.79 Å². The smallest absolute Gasteiger partial charge is 0.309 e. The molecule has 1 aromatic heterocycles. The van der Waals surface area contributed by atoms with Crippen LogP contribution in [0.4, 0.5) is 0 Å². The largest absolute Gasteiger partial charge is 0.481 e. The molecule has 0 aromatic carbocycles. The van der Waals surface area contributed by atoms with Crippen molar-refractivity contribution in [2.45, 2.75) is 45.6 Å². The Morgan fingerprint density at radius 3 is 2.74 bits per heavy atom. The second-order valence-corrected chi connectivity index (χ2v) is 6.37. The maximum atomic E-state index is 11.5. The highest BCUT2D eigenvalue weighted by Crippen LogP contribution is 2.39. The molecule has 5 heteroatoms. The number of nitrogens with zero attached hydrogens (tertiary/aromatic N) is 2. The lowest BCUT2D eigenvalue weighted by molar-refractivity contribution is -0.153. The number of carbonyl (C=O) groups is 1. The van der Waals surface area contributed by atoms with Crippen molar-refractivity contribution in [3.8, 4) is 0 Å². The Labute approximate surface area is 118 Å². The molecule has 0 aliphatic carbocycles. The highest BCUT2D eigenvalue weighted by atomic mass is 32.1. The Bertz CT molecular complexity index is 411. The third-order valence-electron chi connectivity index (χ3n) is 4.35. The van der Waals surface area contributed by atoms with Crippen LogP contribution < -0.4 is 0 Å². The molecular formula is C14H22N2O2S. The molecule has 4 nitrogen and oxygen atoms in total. The second kappa shape index (κ2) is 6.01. The molecule has 0 radical (unpaired) electrons. The molecule has 1 aliphatic rings. The highest BCUT2D eigenvalue weighted by molar-refractivity contribution is 7.09. The fourth-order valence-electron chi connectivity index (χ4n) is 3.00. The van der Waals surface area contributed by atoms with Crippen LogP contribution in [0.3, 0.4) is 0 Å². The van der Waals surface area contributed by atoms with Crippen LogP contribution in [0.25, 0.3) is 0 Å². The summed E-state index contributed by atoms with van der Waals surface area (Å²) in [5.41, 5.74) is 1.37. The van der Waals surface area contributed by atoms with Crippen molar-refractivity contribution >= 4 is 17.3 Å². The van der Waals surface area contributed by atoms with E-state index in [0.29, 0.717) is 6.04 Å². The summed E-state index contributed by atoms with van der Waals surface area (Å²) >= 11 is 1.67. The van der Waals surface area contributed by atoms with E-state index in [1.165, 1.54) is 4.88 Å². The lowest BCUT2D eigenvalue weighted by atomic mass is 9.75. The maximum absolute atomic E-state index is 11.5. The first-order valence-corrected chi connectivity index (χ1v) is 7.83. The van der Waals surface area contributed by atoms with E-state index in [9.17, 15) is 9.90 Å². The van der Waals surface area contributed by atoms with E-state index in [1.807, 2.05) is 11.7 Å². The number of aliphatic carboxylic acids is 1. The molecule has 1 unspecified atom stereocenters. The van der Waals surface area contributed by atoms with Crippen LogP contribution in [0.2, 0.25) is 0 Å². The number of aromatic nitrogens is 1. The molecular weight excluding hydrogens is 260 g/mol. The molecule has 0 saturated carbocycles. The molecule has 1 atom stereocenters. The zero-order chi connectivity index (χ0) is 13.9. The molecule has 2 heterocycles. The molecule has 0 bridgehead atoms. The number of piperidine rings is 1. The zero-order valence-electron chi connectivity index (χ0n) is 11.6. The first-order valence-electron chi connectivity index (χ1n) is 6.95. The Balaban J connectivity index is 2.00. The number of thiazole rings is 1. The van der Waals surface area contributed by atoms with Gasteiger partial charge in [-0.3, -0.25) is 14.7 Å². The average molecular weight is 282 g/mol. The van der Waals surface area contributed by atoms with Gasteiger partial charge in [-0.05, 0) is 39.3 Å². The Morgan fingerprint density at radius 2 is 2.26 bits per heavy atom. The summed E-state index contributed by atoms with van der Waals surface area (Å²) < 4.78 is 0. The van der Waals surface area contributed by atoms with Crippen LogP contribution in [0.1, 0.15) is 50.4 Å². The van der Waals surface area contributed by atoms with Gasteiger partial charge in [-0.15, -0.1) is 11.3 Å². The van der Waals surface area contributed by atoms with E-state index in [2.05, 4.69) is 23.7 Å². The summed E-state index contributed by atoms with van der Waals surface area (Å²) in [4.78, 5) is 19.3. The monoisotopic (exact) mass is 282 g/mol. The van der Waals surface area contributed by atoms with Gasteiger partial charge < -0.3 is 5.11 Å². The summed E-state index contributed by atoms with van der Waals surface area (Å²) in [6.45, 7) is 5.98. The SMILES string of the molecule is CCCC1(C(=O)O)CCN(C(C)c2cncs2)CC1. The summed E-state index contributed by atoms with van der Waals surface area (Å²) in [5.74, 6) is -0.612. The molecule has 1 aliphatic heterocycles. The standard InChI is InChI=1S/C14H22N2O2S/c1-3-4-14(13(17)18)5-7-16(8-6-14)11(2)12-9-15-10-19-12/h9-11H,3-8H2,1-2H3,(H,17,18). The first-order chi connectivity index (χ1) is 9.09. The van der Waals surface area contributed by atoms with Gasteiger partial charge in [0.1, 0.15) is 0 Å². The quantitative estimate of drug-likeness (QED) is 0.901. The van der Waals surface area contributed by atoms with Gasteiger partial charge in [0.15, 0.2) is 0 Å². The first kappa shape index (κ1) is 14.5. The Kier molecular flexibility index (Phi) is 4.58. The molecule has 1 N–H and O–H groups in total. The van der Waals surface area contributed by atoms with Gasteiger partial charge in [-0.25, -0.2) is 0 Å². The molecule has 1 saturated heterocycles. The minimum absolute atomic E-state index is 0.348. The van der Waals surface area contributed by atoms with Gasteiger partial charge in [0.05, 0.1) is 10.9 Å². The Morgan fingerprint density at radius 1 is 1.58 bits per heavy atom. The predicted molar refractivity (Wildman–Crippen MR) is 76.3 cm³/mol. The predicted octanol–water partition coefficient (Wildman–Crippen LogP) is 3.17. The number of hydrogen-bond donors (Lipinski definition) is 1. The number of hydrogen-bond acceptors (Lipinski definition) is 4. The van der Waals surface area contributed by atoms with Crippen LogP contribution >= 0.6 is 11.3 Å². The number of carboxylic acid groups (broad SMARTS) is 1. The van der Waals surface area contributed by atoms with E-state index < -0.39 is 11.4 Å². The highest BCUT2D eigenvalue weighted by Gasteiger charge is 2.41. The molecule has 0 amide bonds. The minimum Gasteiger partial charge on any atom is -0.481 e. The van der Waals surface area contributed by atoms with Gasteiger partial charge >= 0.3 is 5.97 Å². The molecule has 1 aromatic rings. The molecule has 2 rings (SSSR count). The normalized spacial score (nSPS) is 21.2. The van der Waals surface area contributed by atoms with Gasteiger partial charge in [-0.2, -0.15) is 0 Å². The lowest BCUT2D eigenvalue weighted by Gasteiger charge is -2.41. The third kappa shape index (κ3) is 2.98. The number of likely N-dealkylation sites (tertiary alicyclic amines) is 1. The second-order valence-electron chi connectivity index (χ2n) is 5.45. The van der Waals surface area contributed by atoms with Crippen LogP contribution in [0, 0.1) is 5.41 Å². The van der Waals surface area contributed by atoms with Crippen molar-refractivity contribution in [1.29, 1.82) is 0 Å². The van der Waals surface area contributed by atoms with Gasteiger partial charge in [-0.1, -0.05) is 13.3 Å². The molecule has 19 heavy (non-hydrogen) atoms. The minimum atomic E-state index is -0.612. The molecule has 1 fully saturated rings. The van der Waals surface area contributed by atoms with E-state index in [-0.39, 0.29) is 0 Å². The number of rotatable bonds is 5. The van der Waals surface area contributed by atoms with E-state index in [1.54, 1.807) is 11.3 Å². The van der Waals surface area contributed by atoms with Crippen molar-refractivity contribution in [2.24, 2.45) is 5.41 Å². The van der Waals surface area contributed by atoms with Crippen molar-refractivity contribution in [3.05, 3.63) is 16.6 Å². The van der Waals surface area contributed by atoms with Crippen molar-refractivity contribution < 1.29 is 9.90 Å². The van der Waals surface area contributed by atoms with E-state index >= 15 is 0 Å². The molecule has 106 valence electrons. The summed E-state index contributed by atoms with van der Waals surface area (Å²) in [6.07, 6.45) is 5.18. The fraction of sp³-hybridized carbons (Fsp3) is 0.714. The van der Waals surface area contributed by atoms with Crippen molar-refractivity contribution in [2.75, 3.05) is 13.1 Å². The summed E-state index contributed by atoms with van der Waals surface area (Å²) in [7, 11) is 0.